The predicted octanol–water partition coefficient (Wildman–Crippen LogP) is 2.38. The van der Waals surface area contributed by atoms with Crippen LogP contribution in [0.1, 0.15) is 39.3 Å². The number of hydrogen-bond donors (Lipinski definition) is 1. The third-order valence-corrected chi connectivity index (χ3v) is 6.02. The van der Waals surface area contributed by atoms with Crippen molar-refractivity contribution >= 4 is 11.8 Å². The van der Waals surface area contributed by atoms with Crippen LogP contribution in [0, 0.1) is 12.8 Å². The van der Waals surface area contributed by atoms with Crippen molar-refractivity contribution in [3.05, 3.63) is 59.4 Å². The molecule has 0 saturated carbocycles. The zero-order chi connectivity index (χ0) is 19.7. The van der Waals surface area contributed by atoms with E-state index in [1.165, 1.54) is 0 Å². The highest BCUT2D eigenvalue weighted by Gasteiger charge is 2.54. The molecule has 4 rings (SSSR count). The van der Waals surface area contributed by atoms with E-state index in [9.17, 15) is 9.59 Å². The van der Waals surface area contributed by atoms with E-state index in [0.717, 1.165) is 30.6 Å². The van der Waals surface area contributed by atoms with Crippen molar-refractivity contribution in [3.63, 3.8) is 0 Å². The van der Waals surface area contributed by atoms with Crippen molar-refractivity contribution in [2.45, 2.75) is 25.4 Å². The number of carbonyl (C=O) groups is 2. The van der Waals surface area contributed by atoms with Crippen LogP contribution in [0.25, 0.3) is 0 Å². The highest BCUT2D eigenvalue weighted by molar-refractivity contribution is 5.95. The van der Waals surface area contributed by atoms with Gasteiger partial charge in [0.15, 0.2) is 0 Å². The minimum Gasteiger partial charge on any atom is -0.371 e. The highest BCUT2D eigenvalue weighted by Crippen LogP contribution is 2.42. The molecule has 1 atom stereocenters. The van der Waals surface area contributed by atoms with Crippen molar-refractivity contribution in [2.24, 2.45) is 13.0 Å². The summed E-state index contributed by atoms with van der Waals surface area (Å²) in [7, 11) is 1.86. The van der Waals surface area contributed by atoms with E-state index in [2.05, 4.69) is 5.32 Å². The Morgan fingerprint density at radius 3 is 2.79 bits per heavy atom. The summed E-state index contributed by atoms with van der Waals surface area (Å²) in [5.41, 5.74) is 2.25. The summed E-state index contributed by atoms with van der Waals surface area (Å²) in [5, 5.41) is 3.01. The van der Waals surface area contributed by atoms with Crippen molar-refractivity contribution in [2.75, 3.05) is 26.2 Å². The number of aryl methyl sites for hydroxylation is 2. The van der Waals surface area contributed by atoms with E-state index in [4.69, 9.17) is 4.74 Å². The largest absolute Gasteiger partial charge is 0.371 e. The molecule has 2 amide bonds. The number of carbonyl (C=O) groups excluding carboxylic acids is 2. The Morgan fingerprint density at radius 2 is 2.07 bits per heavy atom. The first-order valence-electron chi connectivity index (χ1n) is 9.88. The average molecular weight is 381 g/mol. The van der Waals surface area contributed by atoms with Crippen LogP contribution < -0.4 is 5.32 Å². The van der Waals surface area contributed by atoms with Crippen LogP contribution in [-0.4, -0.2) is 53.1 Å². The molecule has 6 nitrogen and oxygen atoms in total. The highest BCUT2D eigenvalue weighted by atomic mass is 16.5. The van der Waals surface area contributed by atoms with Crippen molar-refractivity contribution in [3.8, 4) is 0 Å². The molecule has 0 unspecified atom stereocenters. The molecule has 0 aliphatic carbocycles. The molecule has 1 aromatic heterocycles. The Kier molecular flexibility index (Phi) is 4.98. The molecule has 28 heavy (non-hydrogen) atoms. The summed E-state index contributed by atoms with van der Waals surface area (Å²) < 4.78 is 7.88. The van der Waals surface area contributed by atoms with E-state index < -0.39 is 0 Å². The molecule has 3 heterocycles. The molecule has 1 spiro atoms. The SMILES string of the molecule is Cc1cccc(C(=O)N2CC3(C2)OCC[C@H]3CCNC(=O)c2cccn2C)c1. The maximum Gasteiger partial charge on any atom is 0.267 e. The third-order valence-electron chi connectivity index (χ3n) is 6.02. The second-order valence-electron chi connectivity index (χ2n) is 7.98. The molecule has 0 bridgehead atoms. The minimum absolute atomic E-state index is 0.0506. The number of nitrogens with zero attached hydrogens (tertiary/aromatic N) is 2. The lowest BCUT2D eigenvalue weighted by Gasteiger charge is -2.50. The zero-order valence-corrected chi connectivity index (χ0v) is 16.5. The van der Waals surface area contributed by atoms with Gasteiger partial charge >= 0.3 is 0 Å². The normalized spacial score (nSPS) is 20.2. The standard InChI is InChI=1S/C22H27N3O3/c1-16-5-3-6-17(13-16)21(27)25-14-22(15-25)18(9-12-28-22)8-10-23-20(26)19-7-4-11-24(19)2/h3-7,11,13,18H,8-10,12,14-15H2,1-2H3,(H,23,26)/t18-/m1/s1. The van der Waals surface area contributed by atoms with Gasteiger partial charge < -0.3 is 19.5 Å². The molecule has 2 aliphatic heterocycles. The topological polar surface area (TPSA) is 63.6 Å². The molecule has 2 aliphatic rings. The smallest absolute Gasteiger partial charge is 0.267 e. The summed E-state index contributed by atoms with van der Waals surface area (Å²) in [6.07, 6.45) is 3.71. The Morgan fingerprint density at radius 1 is 1.25 bits per heavy atom. The molecule has 2 fully saturated rings. The van der Waals surface area contributed by atoms with Gasteiger partial charge in [0.25, 0.3) is 11.8 Å². The molecule has 148 valence electrons. The Hall–Kier alpha value is -2.60. The van der Waals surface area contributed by atoms with Crippen LogP contribution in [0.15, 0.2) is 42.6 Å². The lowest BCUT2D eigenvalue weighted by atomic mass is 9.78. The van der Waals surface area contributed by atoms with Gasteiger partial charge in [0, 0.05) is 32.0 Å². The number of likely N-dealkylation sites (tertiary alicyclic amines) is 1. The van der Waals surface area contributed by atoms with Crippen LogP contribution in [0.3, 0.4) is 0 Å². The number of nitrogens with one attached hydrogen (secondary N) is 1. The summed E-state index contributed by atoms with van der Waals surface area (Å²) >= 11 is 0. The predicted molar refractivity (Wildman–Crippen MR) is 106 cm³/mol. The van der Waals surface area contributed by atoms with E-state index >= 15 is 0 Å². The van der Waals surface area contributed by atoms with Crippen LogP contribution in [0.5, 0.6) is 0 Å². The Labute approximate surface area is 165 Å². The van der Waals surface area contributed by atoms with Gasteiger partial charge in [-0.1, -0.05) is 17.7 Å². The van der Waals surface area contributed by atoms with Gasteiger partial charge in [-0.25, -0.2) is 0 Å². The van der Waals surface area contributed by atoms with E-state index in [0.29, 0.717) is 31.2 Å². The fraction of sp³-hybridized carbons (Fsp3) is 0.455. The summed E-state index contributed by atoms with van der Waals surface area (Å²) in [6, 6.07) is 11.4. The first kappa shape index (κ1) is 18.7. The molecule has 6 heteroatoms. The molecular weight excluding hydrogens is 354 g/mol. The summed E-state index contributed by atoms with van der Waals surface area (Å²) in [4.78, 5) is 26.8. The molecule has 2 aromatic rings. The number of hydrogen-bond acceptors (Lipinski definition) is 3. The van der Waals surface area contributed by atoms with Gasteiger partial charge in [-0.05, 0) is 49.9 Å². The van der Waals surface area contributed by atoms with Gasteiger partial charge in [0.05, 0.1) is 13.1 Å². The average Bonchev–Trinajstić information content (AvgIpc) is 3.26. The number of ether oxygens (including phenoxy) is 1. The fourth-order valence-electron chi connectivity index (χ4n) is 4.39. The molecular formula is C22H27N3O3. The summed E-state index contributed by atoms with van der Waals surface area (Å²) in [5.74, 6) is 0.383. The zero-order valence-electron chi connectivity index (χ0n) is 16.5. The van der Waals surface area contributed by atoms with Gasteiger partial charge in [-0.3, -0.25) is 9.59 Å². The number of amides is 2. The quantitative estimate of drug-likeness (QED) is 0.865. The monoisotopic (exact) mass is 381 g/mol. The van der Waals surface area contributed by atoms with Gasteiger partial charge in [0.1, 0.15) is 11.3 Å². The third kappa shape index (κ3) is 3.44. The number of aromatic nitrogens is 1. The molecule has 0 radical (unpaired) electrons. The van der Waals surface area contributed by atoms with Crippen molar-refractivity contribution < 1.29 is 14.3 Å². The lowest BCUT2D eigenvalue weighted by Crippen LogP contribution is -2.66. The van der Waals surface area contributed by atoms with Gasteiger partial charge in [-0.2, -0.15) is 0 Å². The van der Waals surface area contributed by atoms with Crippen LogP contribution in [0.4, 0.5) is 0 Å². The van der Waals surface area contributed by atoms with Crippen molar-refractivity contribution in [1.82, 2.24) is 14.8 Å². The fourth-order valence-corrected chi connectivity index (χ4v) is 4.39. The maximum absolute atomic E-state index is 12.7. The van der Waals surface area contributed by atoms with Crippen LogP contribution in [-0.2, 0) is 11.8 Å². The number of benzene rings is 1. The lowest BCUT2D eigenvalue weighted by molar-refractivity contribution is -0.117. The first-order valence-corrected chi connectivity index (χ1v) is 9.88. The maximum atomic E-state index is 12.7. The Balaban J connectivity index is 1.30. The Bertz CT molecular complexity index is 883. The van der Waals surface area contributed by atoms with Crippen molar-refractivity contribution in [1.29, 1.82) is 0 Å². The summed E-state index contributed by atoms with van der Waals surface area (Å²) in [6.45, 7) is 4.61. The minimum atomic E-state index is -0.241. The van der Waals surface area contributed by atoms with Crippen LogP contribution in [0.2, 0.25) is 0 Å². The van der Waals surface area contributed by atoms with Gasteiger partial charge in [0.2, 0.25) is 0 Å². The van der Waals surface area contributed by atoms with Crippen LogP contribution >= 0.6 is 0 Å². The second kappa shape index (κ2) is 7.43. The number of rotatable bonds is 5. The molecule has 2 saturated heterocycles. The van der Waals surface area contributed by atoms with E-state index in [1.807, 2.05) is 66.0 Å². The molecule has 1 aromatic carbocycles. The van der Waals surface area contributed by atoms with E-state index in [-0.39, 0.29) is 17.4 Å². The van der Waals surface area contributed by atoms with E-state index in [1.54, 1.807) is 0 Å². The van der Waals surface area contributed by atoms with Gasteiger partial charge in [-0.15, -0.1) is 0 Å². The second-order valence-corrected chi connectivity index (χ2v) is 7.98. The molecule has 1 N–H and O–H groups in total. The first-order chi connectivity index (χ1) is 13.5.